The summed E-state index contributed by atoms with van der Waals surface area (Å²) in [6.07, 6.45) is 4.28. The maximum absolute atomic E-state index is 13.8. The molecule has 1 aliphatic heterocycles. The number of likely N-dealkylation sites (tertiary alicyclic amines) is 1. The molecular formula is C18H17ClFN3O2. The fraction of sp³-hybridized carbons (Fsp3) is 0.278. The maximum Gasteiger partial charge on any atom is 0.256 e. The molecule has 0 bridgehead atoms. The van der Waals surface area contributed by atoms with E-state index in [0.29, 0.717) is 36.6 Å². The zero-order valence-electron chi connectivity index (χ0n) is 13.4. The number of aromatic nitrogens is 1. The molecule has 1 aromatic heterocycles. The van der Waals surface area contributed by atoms with Crippen molar-refractivity contribution in [1.29, 1.82) is 0 Å². The zero-order chi connectivity index (χ0) is 17.8. The first-order valence-corrected chi connectivity index (χ1v) is 8.37. The molecule has 5 nitrogen and oxygen atoms in total. The number of pyridine rings is 1. The van der Waals surface area contributed by atoms with Gasteiger partial charge in [0.15, 0.2) is 0 Å². The minimum absolute atomic E-state index is 0.0350. The summed E-state index contributed by atoms with van der Waals surface area (Å²) in [6, 6.07) is 7.37. The lowest BCUT2D eigenvalue weighted by Crippen LogP contribution is -2.41. The van der Waals surface area contributed by atoms with Gasteiger partial charge in [0.1, 0.15) is 5.82 Å². The highest BCUT2D eigenvalue weighted by molar-refractivity contribution is 6.31. The van der Waals surface area contributed by atoms with Crippen molar-refractivity contribution in [3.63, 3.8) is 0 Å². The molecule has 0 aliphatic carbocycles. The van der Waals surface area contributed by atoms with Crippen molar-refractivity contribution in [1.82, 2.24) is 9.88 Å². The van der Waals surface area contributed by atoms with Gasteiger partial charge in [-0.25, -0.2) is 4.39 Å². The fourth-order valence-corrected chi connectivity index (χ4v) is 3.03. The highest BCUT2D eigenvalue weighted by Crippen LogP contribution is 2.23. The summed E-state index contributed by atoms with van der Waals surface area (Å²) in [5.41, 5.74) is 0.659. The zero-order valence-corrected chi connectivity index (χ0v) is 14.2. The predicted molar refractivity (Wildman–Crippen MR) is 92.9 cm³/mol. The summed E-state index contributed by atoms with van der Waals surface area (Å²) in [5.74, 6) is -1.24. The normalized spacial score (nSPS) is 15.0. The third-order valence-electron chi connectivity index (χ3n) is 4.26. The van der Waals surface area contributed by atoms with Gasteiger partial charge in [-0.15, -0.1) is 0 Å². The molecule has 0 radical (unpaired) electrons. The van der Waals surface area contributed by atoms with Crippen LogP contribution in [-0.2, 0) is 4.79 Å². The number of piperidine rings is 1. The second-order valence-electron chi connectivity index (χ2n) is 5.92. The third kappa shape index (κ3) is 4.14. The van der Waals surface area contributed by atoms with Crippen molar-refractivity contribution in [2.75, 3.05) is 18.4 Å². The lowest BCUT2D eigenvalue weighted by atomic mass is 9.95. The number of nitrogens with one attached hydrogen (secondary N) is 1. The van der Waals surface area contributed by atoms with Crippen LogP contribution in [0.25, 0.3) is 0 Å². The van der Waals surface area contributed by atoms with Crippen LogP contribution in [-0.4, -0.2) is 34.8 Å². The Morgan fingerprint density at radius 3 is 2.52 bits per heavy atom. The van der Waals surface area contributed by atoms with E-state index in [1.807, 2.05) is 0 Å². The summed E-state index contributed by atoms with van der Waals surface area (Å²) in [6.45, 7) is 0.804. The number of amides is 2. The molecule has 2 heterocycles. The number of halogens is 2. The maximum atomic E-state index is 13.8. The highest BCUT2D eigenvalue weighted by Gasteiger charge is 2.29. The molecule has 1 aromatic carbocycles. The Balaban J connectivity index is 1.59. The minimum Gasteiger partial charge on any atom is -0.339 e. The van der Waals surface area contributed by atoms with Gasteiger partial charge >= 0.3 is 0 Å². The van der Waals surface area contributed by atoms with E-state index in [9.17, 15) is 14.0 Å². The van der Waals surface area contributed by atoms with Gasteiger partial charge in [-0.05, 0) is 43.2 Å². The molecule has 0 saturated carbocycles. The predicted octanol–water partition coefficient (Wildman–Crippen LogP) is 3.37. The van der Waals surface area contributed by atoms with Crippen molar-refractivity contribution < 1.29 is 14.0 Å². The van der Waals surface area contributed by atoms with E-state index in [1.54, 1.807) is 29.4 Å². The number of carbonyl (C=O) groups is 2. The molecule has 1 fully saturated rings. The molecule has 1 saturated heterocycles. The van der Waals surface area contributed by atoms with Crippen LogP contribution >= 0.6 is 11.6 Å². The Labute approximate surface area is 149 Å². The van der Waals surface area contributed by atoms with Gasteiger partial charge in [-0.3, -0.25) is 14.6 Å². The molecule has 25 heavy (non-hydrogen) atoms. The summed E-state index contributed by atoms with van der Waals surface area (Å²) in [4.78, 5) is 30.2. The highest BCUT2D eigenvalue weighted by atomic mass is 35.5. The Bertz CT molecular complexity index is 777. The van der Waals surface area contributed by atoms with E-state index >= 15 is 0 Å². The molecule has 130 valence electrons. The van der Waals surface area contributed by atoms with E-state index in [1.165, 1.54) is 18.2 Å². The fourth-order valence-electron chi connectivity index (χ4n) is 2.86. The minimum atomic E-state index is -0.591. The van der Waals surface area contributed by atoms with E-state index in [0.717, 1.165) is 0 Å². The quantitative estimate of drug-likeness (QED) is 0.911. The van der Waals surface area contributed by atoms with Gasteiger partial charge in [-0.1, -0.05) is 11.6 Å². The number of carbonyl (C=O) groups excluding carboxylic acids is 2. The van der Waals surface area contributed by atoms with Crippen molar-refractivity contribution in [3.8, 4) is 0 Å². The number of nitrogens with zero attached hydrogens (tertiary/aromatic N) is 2. The molecule has 2 aromatic rings. The largest absolute Gasteiger partial charge is 0.339 e. The van der Waals surface area contributed by atoms with Crippen LogP contribution in [0.4, 0.5) is 10.1 Å². The summed E-state index contributed by atoms with van der Waals surface area (Å²) in [5, 5.41) is 3.16. The van der Waals surface area contributed by atoms with Gasteiger partial charge in [0, 0.05) is 42.1 Å². The van der Waals surface area contributed by atoms with Crippen LogP contribution in [0.5, 0.6) is 0 Å². The van der Waals surface area contributed by atoms with Crippen molar-refractivity contribution in [2.24, 2.45) is 5.92 Å². The van der Waals surface area contributed by atoms with E-state index < -0.39 is 11.7 Å². The molecule has 0 atom stereocenters. The lowest BCUT2D eigenvalue weighted by molar-refractivity contribution is -0.121. The average molecular weight is 362 g/mol. The standard InChI is InChI=1S/C18H17ClFN3O2/c19-13-1-2-16(20)15(11-13)18(25)23-9-5-12(6-10-23)17(24)22-14-3-7-21-8-4-14/h1-4,7-8,11-12H,5-6,9-10H2,(H,21,22,24). The monoisotopic (exact) mass is 361 g/mol. The molecule has 3 rings (SSSR count). The number of hydrogen-bond acceptors (Lipinski definition) is 3. The average Bonchev–Trinajstić information content (AvgIpc) is 2.64. The van der Waals surface area contributed by atoms with Crippen molar-refractivity contribution in [3.05, 3.63) is 59.1 Å². The molecular weight excluding hydrogens is 345 g/mol. The number of rotatable bonds is 3. The topological polar surface area (TPSA) is 62.3 Å². The SMILES string of the molecule is O=C(Nc1ccncc1)C1CCN(C(=O)c2cc(Cl)ccc2F)CC1. The Hall–Kier alpha value is -2.47. The third-order valence-corrected chi connectivity index (χ3v) is 4.49. The summed E-state index contributed by atoms with van der Waals surface area (Å²) in [7, 11) is 0. The molecule has 1 N–H and O–H groups in total. The van der Waals surface area contributed by atoms with Crippen molar-refractivity contribution in [2.45, 2.75) is 12.8 Å². The van der Waals surface area contributed by atoms with Crippen LogP contribution in [0, 0.1) is 11.7 Å². The summed E-state index contributed by atoms with van der Waals surface area (Å²) >= 11 is 5.85. The van der Waals surface area contributed by atoms with Gasteiger partial charge in [0.05, 0.1) is 5.56 Å². The van der Waals surface area contributed by atoms with Crippen LogP contribution in [0.2, 0.25) is 5.02 Å². The second-order valence-corrected chi connectivity index (χ2v) is 6.35. The molecule has 7 heteroatoms. The first-order valence-electron chi connectivity index (χ1n) is 8.00. The van der Waals surface area contributed by atoms with Crippen LogP contribution in [0.1, 0.15) is 23.2 Å². The molecule has 0 unspecified atom stereocenters. The van der Waals surface area contributed by atoms with E-state index in [-0.39, 0.29) is 17.4 Å². The number of hydrogen-bond donors (Lipinski definition) is 1. The van der Waals surface area contributed by atoms with E-state index in [4.69, 9.17) is 11.6 Å². The van der Waals surface area contributed by atoms with Gasteiger partial charge in [-0.2, -0.15) is 0 Å². The van der Waals surface area contributed by atoms with Crippen LogP contribution in [0.3, 0.4) is 0 Å². The first-order chi connectivity index (χ1) is 12.0. The van der Waals surface area contributed by atoms with Crippen LogP contribution in [0.15, 0.2) is 42.7 Å². The van der Waals surface area contributed by atoms with Gasteiger partial charge in [0.25, 0.3) is 5.91 Å². The first kappa shape index (κ1) is 17.4. The Morgan fingerprint density at radius 1 is 1.16 bits per heavy atom. The lowest BCUT2D eigenvalue weighted by Gasteiger charge is -2.31. The Kier molecular flexibility index (Phi) is 5.28. The number of benzene rings is 1. The summed E-state index contributed by atoms with van der Waals surface area (Å²) < 4.78 is 13.8. The number of anilines is 1. The molecule has 2 amide bonds. The second kappa shape index (κ2) is 7.61. The molecule has 0 spiro atoms. The van der Waals surface area contributed by atoms with Crippen LogP contribution < -0.4 is 5.32 Å². The van der Waals surface area contributed by atoms with E-state index in [2.05, 4.69) is 10.3 Å². The van der Waals surface area contributed by atoms with Gasteiger partial charge in [0.2, 0.25) is 5.91 Å². The van der Waals surface area contributed by atoms with Gasteiger partial charge < -0.3 is 10.2 Å². The Morgan fingerprint density at radius 2 is 1.84 bits per heavy atom. The smallest absolute Gasteiger partial charge is 0.256 e. The van der Waals surface area contributed by atoms with Crippen molar-refractivity contribution >= 4 is 29.1 Å². The molecule has 1 aliphatic rings.